The molecule has 0 spiro atoms. The Labute approximate surface area is 181 Å². The van der Waals surface area contributed by atoms with E-state index in [1.807, 2.05) is 18.2 Å². The summed E-state index contributed by atoms with van der Waals surface area (Å²) in [5.41, 5.74) is 2.10. The first-order chi connectivity index (χ1) is 15.0. The van der Waals surface area contributed by atoms with Crippen molar-refractivity contribution in [3.8, 4) is 0 Å². The molecule has 0 bridgehead atoms. The predicted molar refractivity (Wildman–Crippen MR) is 117 cm³/mol. The van der Waals surface area contributed by atoms with E-state index in [-0.39, 0.29) is 17.3 Å². The summed E-state index contributed by atoms with van der Waals surface area (Å²) in [5.74, 6) is -1.72. The maximum Gasteiger partial charge on any atom is 0.302 e. The van der Waals surface area contributed by atoms with Crippen molar-refractivity contribution in [1.29, 1.82) is 0 Å². The number of carbonyl (C=O) groups is 2. The predicted octanol–water partition coefficient (Wildman–Crippen LogP) is 4.24. The molecule has 2 aromatic heterocycles. The summed E-state index contributed by atoms with van der Waals surface area (Å²) in [7, 11) is 0. The maximum absolute atomic E-state index is 13.1. The number of rotatable bonds is 3. The Bertz CT molecular complexity index is 1310. The fourth-order valence-electron chi connectivity index (χ4n) is 3.69. The normalized spacial score (nSPS) is 18.1. The number of pyridine rings is 1. The Balaban J connectivity index is 1.73. The van der Waals surface area contributed by atoms with Gasteiger partial charge in [0, 0.05) is 16.8 Å². The molecule has 1 fully saturated rings. The summed E-state index contributed by atoms with van der Waals surface area (Å²) in [6.45, 7) is 0. The third-order valence-corrected chi connectivity index (χ3v) is 5.39. The first-order valence-electron chi connectivity index (χ1n) is 9.47. The van der Waals surface area contributed by atoms with Gasteiger partial charge in [-0.1, -0.05) is 29.8 Å². The number of H-pyrrole nitrogens is 1. The minimum absolute atomic E-state index is 0.0634. The first kappa shape index (κ1) is 19.0. The van der Waals surface area contributed by atoms with E-state index in [9.17, 15) is 14.7 Å². The average Bonchev–Trinajstić information content (AvgIpc) is 3.33. The molecule has 2 N–H and O–H groups in total. The molecule has 8 heteroatoms. The molecule has 1 saturated heterocycles. The number of aliphatic hydroxyl groups is 1. The number of aromatic nitrogens is 3. The molecule has 152 valence electrons. The van der Waals surface area contributed by atoms with Crippen LogP contribution in [0.25, 0.3) is 16.8 Å². The second-order valence-electron chi connectivity index (χ2n) is 7.01. The molecule has 0 aliphatic carbocycles. The van der Waals surface area contributed by atoms with Crippen LogP contribution in [-0.4, -0.2) is 31.7 Å². The summed E-state index contributed by atoms with van der Waals surface area (Å²) in [4.78, 5) is 39.3. The monoisotopic (exact) mass is 430 g/mol. The van der Waals surface area contributed by atoms with Crippen molar-refractivity contribution in [3.63, 3.8) is 0 Å². The number of anilines is 1. The molecule has 4 aromatic rings. The molecule has 1 aliphatic rings. The van der Waals surface area contributed by atoms with Crippen LogP contribution in [0.2, 0.25) is 5.02 Å². The van der Waals surface area contributed by atoms with Gasteiger partial charge in [-0.25, -0.2) is 4.98 Å². The van der Waals surface area contributed by atoms with E-state index < -0.39 is 17.7 Å². The smallest absolute Gasteiger partial charge is 0.302 e. The molecule has 7 nitrogen and oxygen atoms in total. The molecular formula is C23H15ClN4O3. The number of imidazole rings is 1. The molecule has 0 radical (unpaired) electrons. The Morgan fingerprint density at radius 1 is 1.00 bits per heavy atom. The van der Waals surface area contributed by atoms with Crippen molar-refractivity contribution >= 4 is 46.0 Å². The van der Waals surface area contributed by atoms with E-state index in [1.165, 1.54) is 4.90 Å². The summed E-state index contributed by atoms with van der Waals surface area (Å²) in [5, 5.41) is 11.5. The Morgan fingerprint density at radius 3 is 2.45 bits per heavy atom. The number of halogens is 1. The van der Waals surface area contributed by atoms with Crippen molar-refractivity contribution < 1.29 is 14.7 Å². The average molecular weight is 431 g/mol. The van der Waals surface area contributed by atoms with Crippen LogP contribution in [0, 0.1) is 0 Å². The maximum atomic E-state index is 13.1. The van der Waals surface area contributed by atoms with Gasteiger partial charge in [0.2, 0.25) is 5.95 Å². The lowest BCUT2D eigenvalue weighted by Gasteiger charge is -2.22. The largest absolute Gasteiger partial charge is 0.507 e. The Hall–Kier alpha value is -3.97. The molecule has 5 rings (SSSR count). The number of nitrogens with zero attached hydrogens (tertiary/aromatic N) is 3. The van der Waals surface area contributed by atoms with Crippen LogP contribution in [0.3, 0.4) is 0 Å². The number of aliphatic hydroxyl groups excluding tert-OH is 1. The highest BCUT2D eigenvalue weighted by molar-refractivity contribution is 6.51. The number of Topliss-reactive ketones (excluding diaryl/α,β-unsaturated/α-hetero) is 1. The molecule has 1 aliphatic heterocycles. The Morgan fingerprint density at radius 2 is 1.74 bits per heavy atom. The van der Waals surface area contributed by atoms with Crippen LogP contribution in [0.1, 0.15) is 17.3 Å². The van der Waals surface area contributed by atoms with E-state index in [2.05, 4.69) is 15.0 Å². The van der Waals surface area contributed by atoms with E-state index >= 15 is 0 Å². The zero-order chi connectivity index (χ0) is 21.5. The van der Waals surface area contributed by atoms with Gasteiger partial charge in [0.25, 0.3) is 5.78 Å². The molecule has 1 amide bonds. The standard InChI is InChI=1S/C23H15ClN4O3/c24-14-10-8-13(9-11-14)20(29)18-19(17-7-3-4-12-25-17)28(22(31)21(18)30)23-26-15-5-1-2-6-16(15)27-23/h1-12,19,29H,(H,26,27)/b20-18+. The van der Waals surface area contributed by atoms with Crippen LogP contribution in [-0.2, 0) is 9.59 Å². The van der Waals surface area contributed by atoms with Crippen molar-refractivity contribution in [3.05, 3.63) is 94.8 Å². The number of carbonyl (C=O) groups excluding carboxylic acids is 2. The van der Waals surface area contributed by atoms with Gasteiger partial charge in [-0.2, -0.15) is 0 Å². The van der Waals surface area contributed by atoms with Crippen molar-refractivity contribution in [2.24, 2.45) is 0 Å². The molecule has 31 heavy (non-hydrogen) atoms. The van der Waals surface area contributed by atoms with Crippen LogP contribution in [0.15, 0.2) is 78.5 Å². The topological polar surface area (TPSA) is 99.2 Å². The van der Waals surface area contributed by atoms with Gasteiger partial charge in [-0.15, -0.1) is 0 Å². The van der Waals surface area contributed by atoms with Gasteiger partial charge < -0.3 is 10.1 Å². The molecule has 1 atom stereocenters. The van der Waals surface area contributed by atoms with Crippen molar-refractivity contribution in [1.82, 2.24) is 15.0 Å². The van der Waals surface area contributed by atoms with Gasteiger partial charge in [-0.3, -0.25) is 19.5 Å². The number of para-hydroxylation sites is 2. The van der Waals surface area contributed by atoms with Gasteiger partial charge in [-0.05, 0) is 48.5 Å². The molecule has 3 heterocycles. The first-order valence-corrected chi connectivity index (χ1v) is 9.85. The minimum atomic E-state index is -0.947. The summed E-state index contributed by atoms with van der Waals surface area (Å²) < 4.78 is 0. The zero-order valence-electron chi connectivity index (χ0n) is 16.0. The lowest BCUT2D eigenvalue weighted by Crippen LogP contribution is -2.30. The number of fused-ring (bicyclic) bond motifs is 1. The van der Waals surface area contributed by atoms with Crippen molar-refractivity contribution in [2.45, 2.75) is 6.04 Å². The highest BCUT2D eigenvalue weighted by Crippen LogP contribution is 2.41. The van der Waals surface area contributed by atoms with E-state index in [0.717, 1.165) is 5.52 Å². The van der Waals surface area contributed by atoms with E-state index in [0.29, 0.717) is 21.8 Å². The van der Waals surface area contributed by atoms with Gasteiger partial charge in [0.05, 0.1) is 22.3 Å². The molecular weight excluding hydrogens is 416 g/mol. The second kappa shape index (κ2) is 7.37. The van der Waals surface area contributed by atoms with Crippen molar-refractivity contribution in [2.75, 3.05) is 4.90 Å². The van der Waals surface area contributed by atoms with Gasteiger partial charge >= 0.3 is 5.91 Å². The van der Waals surface area contributed by atoms with Gasteiger partial charge in [0.15, 0.2) is 0 Å². The SMILES string of the molecule is O=C1C(=O)N(c2nc3ccccc3[nH]2)C(c2ccccn2)/C1=C(\O)c1ccc(Cl)cc1. The highest BCUT2D eigenvalue weighted by atomic mass is 35.5. The number of nitrogens with one attached hydrogen (secondary N) is 1. The Kier molecular flexibility index (Phi) is 4.52. The lowest BCUT2D eigenvalue weighted by molar-refractivity contribution is -0.132. The van der Waals surface area contributed by atoms with Gasteiger partial charge in [0.1, 0.15) is 11.8 Å². The number of hydrogen-bond donors (Lipinski definition) is 2. The van der Waals surface area contributed by atoms with Crippen LogP contribution in [0.5, 0.6) is 0 Å². The summed E-state index contributed by atoms with van der Waals surface area (Å²) >= 11 is 5.94. The number of amides is 1. The van der Waals surface area contributed by atoms with Crippen LogP contribution >= 0.6 is 11.6 Å². The number of benzene rings is 2. The molecule has 1 unspecified atom stereocenters. The molecule has 0 saturated carbocycles. The zero-order valence-corrected chi connectivity index (χ0v) is 16.7. The minimum Gasteiger partial charge on any atom is -0.507 e. The number of hydrogen-bond acceptors (Lipinski definition) is 5. The number of ketones is 1. The lowest BCUT2D eigenvalue weighted by atomic mass is 9.98. The molecule has 2 aromatic carbocycles. The summed E-state index contributed by atoms with van der Waals surface area (Å²) in [6.07, 6.45) is 1.57. The number of aromatic amines is 1. The third kappa shape index (κ3) is 3.15. The second-order valence-corrected chi connectivity index (χ2v) is 7.44. The van der Waals surface area contributed by atoms with E-state index in [1.54, 1.807) is 54.7 Å². The highest BCUT2D eigenvalue weighted by Gasteiger charge is 2.48. The fraction of sp³-hybridized carbons (Fsp3) is 0.0435. The quantitative estimate of drug-likeness (QED) is 0.288. The summed E-state index contributed by atoms with van der Waals surface area (Å²) in [6, 6.07) is 17.9. The third-order valence-electron chi connectivity index (χ3n) is 5.14. The fourth-order valence-corrected chi connectivity index (χ4v) is 3.81. The van der Waals surface area contributed by atoms with Crippen LogP contribution in [0.4, 0.5) is 5.95 Å². The van der Waals surface area contributed by atoms with E-state index in [4.69, 9.17) is 11.6 Å². The van der Waals surface area contributed by atoms with Crippen LogP contribution < -0.4 is 4.90 Å².